The van der Waals surface area contributed by atoms with Gasteiger partial charge in [0.05, 0.1) is 17.6 Å². The van der Waals surface area contributed by atoms with E-state index in [0.717, 1.165) is 95.4 Å². The van der Waals surface area contributed by atoms with Gasteiger partial charge < -0.3 is 19.7 Å². The molecule has 2 N–H and O–H groups in total. The fourth-order valence-corrected chi connectivity index (χ4v) is 9.14. The zero-order valence-corrected chi connectivity index (χ0v) is 23.2. The molecule has 2 heterocycles. The Morgan fingerprint density at radius 2 is 2.00 bits per heavy atom. The summed E-state index contributed by atoms with van der Waals surface area (Å²) in [6.07, 6.45) is 13.2. The van der Waals surface area contributed by atoms with Crippen LogP contribution in [0.2, 0.25) is 0 Å². The Labute approximate surface area is 226 Å². The van der Waals surface area contributed by atoms with Crippen molar-refractivity contribution in [1.29, 1.82) is 0 Å². The molecule has 3 saturated carbocycles. The van der Waals surface area contributed by atoms with E-state index in [0.29, 0.717) is 18.4 Å². The molecule has 0 amide bonds. The Morgan fingerprint density at radius 1 is 1.11 bits per heavy atom. The van der Waals surface area contributed by atoms with E-state index in [1.165, 1.54) is 18.1 Å². The molecule has 5 aliphatic rings. The van der Waals surface area contributed by atoms with E-state index in [9.17, 15) is 9.90 Å². The number of fused-ring (bicyclic) bond motifs is 5. The van der Waals surface area contributed by atoms with Crippen LogP contribution in [0, 0.1) is 22.7 Å². The second-order valence-corrected chi connectivity index (χ2v) is 13.1. The van der Waals surface area contributed by atoms with Crippen molar-refractivity contribution in [3.8, 4) is 0 Å². The lowest BCUT2D eigenvalue weighted by Gasteiger charge is -2.61. The maximum Gasteiger partial charge on any atom is 0.335 e. The summed E-state index contributed by atoms with van der Waals surface area (Å²) in [4.78, 5) is 19.8. The van der Waals surface area contributed by atoms with E-state index >= 15 is 0 Å². The Bertz CT molecular complexity index is 1120. The molecule has 0 aromatic carbocycles. The van der Waals surface area contributed by atoms with Crippen LogP contribution < -0.4 is 10.9 Å². The topological polar surface area (TPSA) is 87.3 Å². The molecule has 6 atom stereocenters. The van der Waals surface area contributed by atoms with Gasteiger partial charge in [-0.2, -0.15) is 0 Å². The first-order valence-electron chi connectivity index (χ1n) is 15.0. The van der Waals surface area contributed by atoms with Gasteiger partial charge in [-0.3, -0.25) is 4.90 Å². The van der Waals surface area contributed by atoms with Crippen LogP contribution in [0.5, 0.6) is 0 Å². The molecule has 6 unspecified atom stereocenters. The summed E-state index contributed by atoms with van der Waals surface area (Å²) in [6, 6.07) is 3.44. The summed E-state index contributed by atoms with van der Waals surface area (Å²) in [5.74, 6) is 1.03. The third-order valence-corrected chi connectivity index (χ3v) is 11.4. The van der Waals surface area contributed by atoms with Gasteiger partial charge >= 0.3 is 5.63 Å². The number of hydrogen-bond donors (Lipinski definition) is 2. The number of oxime groups is 1. The van der Waals surface area contributed by atoms with Crippen molar-refractivity contribution in [2.24, 2.45) is 27.8 Å². The average Bonchev–Trinajstić information content (AvgIpc) is 3.04. The first-order valence-corrected chi connectivity index (χ1v) is 15.0. The number of allylic oxidation sites excluding steroid dienone is 2. The highest BCUT2D eigenvalue weighted by molar-refractivity contribution is 5.96. The Balaban J connectivity index is 1.14. The second kappa shape index (κ2) is 10.2. The van der Waals surface area contributed by atoms with Crippen LogP contribution in [0.3, 0.4) is 0 Å². The van der Waals surface area contributed by atoms with Crippen molar-refractivity contribution in [3.05, 3.63) is 46.0 Å². The van der Waals surface area contributed by atoms with Crippen molar-refractivity contribution < 1.29 is 14.4 Å². The van der Waals surface area contributed by atoms with Crippen molar-refractivity contribution in [3.63, 3.8) is 0 Å². The monoisotopic (exact) mass is 523 g/mol. The highest BCUT2D eigenvalue weighted by Gasteiger charge is 2.66. The molecule has 6 rings (SSSR count). The second-order valence-electron chi connectivity index (χ2n) is 13.1. The fourth-order valence-electron chi connectivity index (χ4n) is 9.14. The molecule has 4 fully saturated rings. The first-order chi connectivity index (χ1) is 18.3. The molecule has 1 aromatic heterocycles. The molecule has 208 valence electrons. The predicted octanol–water partition coefficient (Wildman–Crippen LogP) is 4.47. The van der Waals surface area contributed by atoms with Gasteiger partial charge in [0.2, 0.25) is 0 Å². The molecular formula is C31H45N3O4. The van der Waals surface area contributed by atoms with Crippen LogP contribution in [0.15, 0.2) is 44.4 Å². The Morgan fingerprint density at radius 3 is 2.84 bits per heavy atom. The Hall–Kier alpha value is -1.96. The van der Waals surface area contributed by atoms with Gasteiger partial charge in [0, 0.05) is 31.1 Å². The van der Waals surface area contributed by atoms with Crippen LogP contribution in [0.1, 0.15) is 83.1 Å². The summed E-state index contributed by atoms with van der Waals surface area (Å²) in [6.45, 7) is 10.7. The third kappa shape index (κ3) is 4.39. The number of nitrogens with zero attached hydrogens (tertiary/aromatic N) is 2. The average molecular weight is 524 g/mol. The maximum atomic E-state index is 12.4. The van der Waals surface area contributed by atoms with Gasteiger partial charge in [0.1, 0.15) is 6.61 Å². The summed E-state index contributed by atoms with van der Waals surface area (Å²) in [5.41, 5.74) is 2.61. The van der Waals surface area contributed by atoms with E-state index < -0.39 is 5.60 Å². The zero-order chi connectivity index (χ0) is 26.4. The lowest BCUT2D eigenvalue weighted by atomic mass is 9.45. The number of aliphatic hydroxyl groups is 1. The summed E-state index contributed by atoms with van der Waals surface area (Å²) >= 11 is 0. The van der Waals surface area contributed by atoms with Gasteiger partial charge in [-0.1, -0.05) is 24.6 Å². The standard InChI is InChI=1S/C31H45N3O4/c1-29-11-8-24(33-38-19-18-34-16-3-14-32-15-17-34)20-23(29)5-6-27-26(29)9-12-30(2)25(10-13-31(27,30)36)22-4-7-28(35)37-21-22/h4,7,20-21,25-27,32,36H,3,5-6,8-19H2,1-2H3/b33-24+. The summed E-state index contributed by atoms with van der Waals surface area (Å²) < 4.78 is 5.23. The molecule has 1 aromatic rings. The summed E-state index contributed by atoms with van der Waals surface area (Å²) in [7, 11) is 0. The number of hydrogen-bond acceptors (Lipinski definition) is 7. The lowest BCUT2D eigenvalue weighted by Crippen LogP contribution is -2.60. The van der Waals surface area contributed by atoms with E-state index in [1.54, 1.807) is 6.26 Å². The molecule has 1 saturated heterocycles. The zero-order valence-electron chi connectivity index (χ0n) is 23.2. The van der Waals surface area contributed by atoms with E-state index in [-0.39, 0.29) is 22.4 Å². The van der Waals surface area contributed by atoms with E-state index in [2.05, 4.69) is 35.3 Å². The normalized spacial score (nSPS) is 40.6. The SMILES string of the molecule is CC12CC/C(=N\OCCN3CCCNCC3)C=C1CCC1C2CCC2(C)C(c3ccc(=O)oc3)CCC12O. The maximum absolute atomic E-state index is 12.4. The van der Waals surface area contributed by atoms with Crippen molar-refractivity contribution in [2.45, 2.75) is 83.2 Å². The minimum absolute atomic E-state index is 0.121. The van der Waals surface area contributed by atoms with Gasteiger partial charge in [-0.15, -0.1) is 0 Å². The molecule has 1 aliphatic heterocycles. The molecule has 0 bridgehead atoms. The Kier molecular flexibility index (Phi) is 7.06. The molecule has 7 nitrogen and oxygen atoms in total. The highest BCUT2D eigenvalue weighted by Crippen LogP contribution is 2.69. The van der Waals surface area contributed by atoms with Crippen LogP contribution in [-0.4, -0.2) is 60.6 Å². The minimum Gasteiger partial charge on any atom is -0.431 e. The van der Waals surface area contributed by atoms with Crippen LogP contribution in [0.4, 0.5) is 0 Å². The fraction of sp³-hybridized carbons (Fsp3) is 0.742. The predicted molar refractivity (Wildman–Crippen MR) is 148 cm³/mol. The quantitative estimate of drug-likeness (QED) is 0.438. The number of nitrogens with one attached hydrogen (secondary N) is 1. The van der Waals surface area contributed by atoms with E-state index in [1.807, 2.05) is 6.07 Å². The van der Waals surface area contributed by atoms with Gasteiger partial charge in [-0.25, -0.2) is 4.79 Å². The van der Waals surface area contributed by atoms with Gasteiger partial charge in [0.15, 0.2) is 0 Å². The van der Waals surface area contributed by atoms with Crippen LogP contribution in [0.25, 0.3) is 0 Å². The largest absolute Gasteiger partial charge is 0.431 e. The van der Waals surface area contributed by atoms with Crippen molar-refractivity contribution >= 4 is 5.71 Å². The van der Waals surface area contributed by atoms with E-state index in [4.69, 9.17) is 9.25 Å². The molecule has 0 spiro atoms. The smallest absolute Gasteiger partial charge is 0.335 e. The highest BCUT2D eigenvalue weighted by atomic mass is 16.6. The van der Waals surface area contributed by atoms with Gasteiger partial charge in [0.25, 0.3) is 0 Å². The van der Waals surface area contributed by atoms with Gasteiger partial charge in [-0.05, 0) is 112 Å². The van der Waals surface area contributed by atoms with Crippen LogP contribution in [-0.2, 0) is 4.84 Å². The number of rotatable bonds is 5. The molecule has 4 aliphatic carbocycles. The third-order valence-electron chi connectivity index (χ3n) is 11.4. The lowest BCUT2D eigenvalue weighted by molar-refractivity contribution is -0.176. The molecule has 38 heavy (non-hydrogen) atoms. The molecule has 0 radical (unpaired) electrons. The molecule has 7 heteroatoms. The van der Waals surface area contributed by atoms with Crippen LogP contribution >= 0.6 is 0 Å². The first kappa shape index (κ1) is 26.3. The van der Waals surface area contributed by atoms with Crippen molar-refractivity contribution in [1.82, 2.24) is 10.2 Å². The molecular weight excluding hydrogens is 478 g/mol. The minimum atomic E-state index is -0.675. The summed E-state index contributed by atoms with van der Waals surface area (Å²) in [5, 5.41) is 20.4. The van der Waals surface area contributed by atoms with Crippen molar-refractivity contribution in [2.75, 3.05) is 39.3 Å².